The lowest BCUT2D eigenvalue weighted by Gasteiger charge is -2.30. The van der Waals surface area contributed by atoms with E-state index in [4.69, 9.17) is 9.47 Å². The van der Waals surface area contributed by atoms with Gasteiger partial charge in [-0.1, -0.05) is 37.4 Å². The molecule has 0 saturated heterocycles. The van der Waals surface area contributed by atoms with Gasteiger partial charge in [0.1, 0.15) is 11.4 Å². The van der Waals surface area contributed by atoms with Gasteiger partial charge in [0.25, 0.3) is 0 Å². The predicted molar refractivity (Wildman–Crippen MR) is 85.1 cm³/mol. The molecule has 0 atom stereocenters. The lowest BCUT2D eigenvalue weighted by Crippen LogP contribution is -2.33. The molecule has 0 aromatic heterocycles. The Balaban J connectivity index is 2.48. The summed E-state index contributed by atoms with van der Waals surface area (Å²) in [7, 11) is 0. The van der Waals surface area contributed by atoms with Crippen molar-refractivity contribution in [2.24, 2.45) is 0 Å². The zero-order chi connectivity index (χ0) is 15.2. The molecule has 1 rings (SSSR count). The molecule has 2 heteroatoms. The lowest BCUT2D eigenvalue weighted by molar-refractivity contribution is -0.0172. The minimum Gasteiger partial charge on any atom is -0.488 e. The Bertz CT molecular complexity index is 444. The summed E-state index contributed by atoms with van der Waals surface area (Å²) in [6.07, 6.45) is 2.54. The molecular formula is C18H26O2. The first-order valence-corrected chi connectivity index (χ1v) is 6.97. The van der Waals surface area contributed by atoms with Crippen LogP contribution in [-0.4, -0.2) is 17.8 Å². The van der Waals surface area contributed by atoms with Crippen LogP contribution in [-0.2, 0) is 4.74 Å². The highest BCUT2D eigenvalue weighted by Crippen LogP contribution is 2.24. The third-order valence-electron chi connectivity index (χ3n) is 3.32. The summed E-state index contributed by atoms with van der Waals surface area (Å²) in [5.74, 6) is 0.882. The molecule has 0 saturated carbocycles. The van der Waals surface area contributed by atoms with Gasteiger partial charge in [-0.2, -0.15) is 0 Å². The Morgan fingerprint density at radius 2 is 1.75 bits per heavy atom. The Morgan fingerprint density at radius 3 is 2.30 bits per heavy atom. The summed E-state index contributed by atoms with van der Waals surface area (Å²) in [5.41, 5.74) is 0.233. The lowest BCUT2D eigenvalue weighted by atomic mass is 9.99. The van der Waals surface area contributed by atoms with E-state index in [9.17, 15) is 0 Å². The van der Waals surface area contributed by atoms with E-state index in [2.05, 4.69) is 27.0 Å². The Labute approximate surface area is 123 Å². The molecule has 0 heterocycles. The maximum absolute atomic E-state index is 5.98. The molecule has 0 radical (unpaired) electrons. The number of ether oxygens (including phenoxy) is 2. The molecule has 1 aromatic rings. The highest BCUT2D eigenvalue weighted by molar-refractivity contribution is 5.22. The van der Waals surface area contributed by atoms with E-state index in [0.29, 0.717) is 6.61 Å². The molecule has 0 fully saturated rings. The van der Waals surface area contributed by atoms with Crippen molar-refractivity contribution in [3.05, 3.63) is 55.1 Å². The standard InChI is InChI=1S/C18H26O2/c1-7-15(2)18(5,6)19-14-13-17(3,4)20-16-11-9-8-10-12-16/h7-12H,1-2,13-14H2,3-6H3. The van der Waals surface area contributed by atoms with Crippen molar-refractivity contribution in [1.82, 2.24) is 0 Å². The van der Waals surface area contributed by atoms with Crippen molar-refractivity contribution in [2.45, 2.75) is 45.3 Å². The van der Waals surface area contributed by atoms with Gasteiger partial charge in [0.15, 0.2) is 0 Å². The highest BCUT2D eigenvalue weighted by Gasteiger charge is 2.24. The molecule has 0 aliphatic rings. The number of hydrogen-bond acceptors (Lipinski definition) is 2. The van der Waals surface area contributed by atoms with Crippen LogP contribution in [0.3, 0.4) is 0 Å². The fourth-order valence-electron chi connectivity index (χ4n) is 1.75. The molecular weight excluding hydrogens is 248 g/mol. The van der Waals surface area contributed by atoms with Gasteiger partial charge in [-0.3, -0.25) is 0 Å². The molecule has 2 nitrogen and oxygen atoms in total. The zero-order valence-electron chi connectivity index (χ0n) is 13.1. The van der Waals surface area contributed by atoms with Gasteiger partial charge in [0.05, 0.1) is 12.2 Å². The van der Waals surface area contributed by atoms with Crippen LogP contribution in [0, 0.1) is 0 Å². The second-order valence-corrected chi connectivity index (χ2v) is 6.01. The van der Waals surface area contributed by atoms with E-state index >= 15 is 0 Å². The van der Waals surface area contributed by atoms with Crippen molar-refractivity contribution in [2.75, 3.05) is 6.61 Å². The topological polar surface area (TPSA) is 18.5 Å². The van der Waals surface area contributed by atoms with Crippen LogP contribution in [0.5, 0.6) is 5.75 Å². The summed E-state index contributed by atoms with van der Waals surface area (Å²) in [6.45, 7) is 16.4. The summed E-state index contributed by atoms with van der Waals surface area (Å²) in [5, 5.41) is 0. The van der Waals surface area contributed by atoms with E-state index < -0.39 is 0 Å². The number of hydrogen-bond donors (Lipinski definition) is 0. The Morgan fingerprint density at radius 1 is 1.15 bits per heavy atom. The van der Waals surface area contributed by atoms with E-state index in [-0.39, 0.29) is 11.2 Å². The van der Waals surface area contributed by atoms with Gasteiger partial charge in [-0.05, 0) is 45.4 Å². The van der Waals surface area contributed by atoms with Crippen molar-refractivity contribution in [3.8, 4) is 5.75 Å². The number of para-hydroxylation sites is 1. The molecule has 0 amide bonds. The summed E-state index contributed by atoms with van der Waals surface area (Å²) < 4.78 is 11.9. The largest absolute Gasteiger partial charge is 0.488 e. The van der Waals surface area contributed by atoms with Crippen molar-refractivity contribution in [1.29, 1.82) is 0 Å². The van der Waals surface area contributed by atoms with Crippen LogP contribution < -0.4 is 4.74 Å². The van der Waals surface area contributed by atoms with E-state index in [1.165, 1.54) is 0 Å². The fraction of sp³-hybridized carbons (Fsp3) is 0.444. The number of benzene rings is 1. The van der Waals surface area contributed by atoms with Gasteiger partial charge in [-0.15, -0.1) is 0 Å². The normalized spacial score (nSPS) is 12.0. The van der Waals surface area contributed by atoms with E-state index in [0.717, 1.165) is 17.7 Å². The van der Waals surface area contributed by atoms with E-state index in [1.54, 1.807) is 6.08 Å². The quantitative estimate of drug-likeness (QED) is 0.636. The molecule has 0 aliphatic carbocycles. The van der Waals surface area contributed by atoms with Gasteiger partial charge in [0, 0.05) is 6.42 Å². The van der Waals surface area contributed by atoms with Crippen LogP contribution in [0.15, 0.2) is 55.1 Å². The first-order chi connectivity index (χ1) is 9.27. The van der Waals surface area contributed by atoms with Crippen LogP contribution in [0.25, 0.3) is 0 Å². The smallest absolute Gasteiger partial charge is 0.120 e. The monoisotopic (exact) mass is 274 g/mol. The summed E-state index contributed by atoms with van der Waals surface area (Å²) in [4.78, 5) is 0. The fourth-order valence-corrected chi connectivity index (χ4v) is 1.75. The summed E-state index contributed by atoms with van der Waals surface area (Å²) >= 11 is 0. The third-order valence-corrected chi connectivity index (χ3v) is 3.32. The van der Waals surface area contributed by atoms with Crippen LogP contribution in [0.1, 0.15) is 34.1 Å². The zero-order valence-corrected chi connectivity index (χ0v) is 13.1. The second kappa shape index (κ2) is 6.76. The molecule has 110 valence electrons. The molecule has 0 unspecified atom stereocenters. The van der Waals surface area contributed by atoms with E-state index in [1.807, 2.05) is 44.2 Å². The second-order valence-electron chi connectivity index (χ2n) is 6.01. The van der Waals surface area contributed by atoms with Crippen molar-refractivity contribution in [3.63, 3.8) is 0 Å². The van der Waals surface area contributed by atoms with Gasteiger partial charge < -0.3 is 9.47 Å². The first-order valence-electron chi connectivity index (χ1n) is 6.97. The summed E-state index contributed by atoms with van der Waals surface area (Å²) in [6, 6.07) is 9.85. The molecule has 0 bridgehead atoms. The van der Waals surface area contributed by atoms with Gasteiger partial charge >= 0.3 is 0 Å². The maximum Gasteiger partial charge on any atom is 0.120 e. The number of rotatable bonds is 8. The van der Waals surface area contributed by atoms with Crippen molar-refractivity contribution < 1.29 is 9.47 Å². The Kier molecular flexibility index (Phi) is 5.58. The SMILES string of the molecule is C=CC(=C)C(C)(C)OCCC(C)(C)Oc1ccccc1. The maximum atomic E-state index is 5.98. The average molecular weight is 274 g/mol. The first kappa shape index (κ1) is 16.5. The molecule has 0 spiro atoms. The minimum absolute atomic E-state index is 0.271. The van der Waals surface area contributed by atoms with Gasteiger partial charge in [-0.25, -0.2) is 0 Å². The molecule has 20 heavy (non-hydrogen) atoms. The minimum atomic E-state index is -0.384. The molecule has 0 N–H and O–H groups in total. The third kappa shape index (κ3) is 5.22. The van der Waals surface area contributed by atoms with Gasteiger partial charge in [0.2, 0.25) is 0 Å². The van der Waals surface area contributed by atoms with Crippen LogP contribution >= 0.6 is 0 Å². The molecule has 0 aliphatic heterocycles. The van der Waals surface area contributed by atoms with Crippen LogP contribution in [0.4, 0.5) is 0 Å². The predicted octanol–water partition coefficient (Wildman–Crippen LogP) is 4.77. The van der Waals surface area contributed by atoms with Crippen LogP contribution in [0.2, 0.25) is 0 Å². The molecule has 1 aromatic carbocycles. The van der Waals surface area contributed by atoms with Crippen molar-refractivity contribution >= 4 is 0 Å². The average Bonchev–Trinajstić information content (AvgIpc) is 2.37. The Hall–Kier alpha value is -1.54. The highest BCUT2D eigenvalue weighted by atomic mass is 16.5.